The first-order chi connectivity index (χ1) is 12.8. The average molecular weight is 372 g/mol. The molecule has 1 atom stereocenters. The molecule has 0 radical (unpaired) electrons. The first kappa shape index (κ1) is 25.9. The van der Waals surface area contributed by atoms with E-state index in [-0.39, 0.29) is 6.10 Å². The van der Waals surface area contributed by atoms with Gasteiger partial charge in [0.2, 0.25) is 0 Å². The van der Waals surface area contributed by atoms with Gasteiger partial charge in [-0.2, -0.15) is 0 Å². The van der Waals surface area contributed by atoms with Gasteiger partial charge in [-0.1, -0.05) is 103 Å². The summed E-state index contributed by atoms with van der Waals surface area (Å²) < 4.78 is 11.0. The lowest BCUT2D eigenvalue weighted by molar-refractivity contribution is 0.00903. The number of methoxy groups -OCH3 is 1. The van der Waals surface area contributed by atoms with Gasteiger partial charge in [0.05, 0.1) is 12.7 Å². The topological polar surface area (TPSA) is 30.5 Å². The van der Waals surface area contributed by atoms with Crippen LogP contribution in [0.15, 0.2) is 0 Å². The highest BCUT2D eigenvalue weighted by atomic mass is 16.5. The minimum absolute atomic E-state index is 0.182. The average Bonchev–Trinajstić information content (AvgIpc) is 2.66. The highest BCUT2D eigenvalue weighted by Crippen LogP contribution is 2.13. The van der Waals surface area contributed by atoms with Crippen LogP contribution in [0.3, 0.4) is 0 Å². The fourth-order valence-corrected chi connectivity index (χ4v) is 3.40. The summed E-state index contributed by atoms with van der Waals surface area (Å²) in [4.78, 5) is 0. The minimum atomic E-state index is 0.182. The molecule has 3 heteroatoms. The van der Waals surface area contributed by atoms with Crippen LogP contribution < -0.4 is 5.32 Å². The van der Waals surface area contributed by atoms with Crippen molar-refractivity contribution in [3.63, 3.8) is 0 Å². The zero-order valence-electron chi connectivity index (χ0n) is 18.3. The maximum atomic E-state index is 5.69. The molecule has 0 aromatic carbocycles. The van der Waals surface area contributed by atoms with E-state index in [9.17, 15) is 0 Å². The standard InChI is InChI=1S/C23H49NO2/c1-4-5-6-7-8-9-10-11-12-13-14-15-16-17-18-19-20-26-22-23(25-3)21-24-2/h23-24H,4-22H2,1-3H3. The fraction of sp³-hybridized carbons (Fsp3) is 1.00. The molecule has 0 aliphatic rings. The van der Waals surface area contributed by atoms with Gasteiger partial charge in [0, 0.05) is 20.3 Å². The molecule has 1 N–H and O–H groups in total. The van der Waals surface area contributed by atoms with Crippen LogP contribution in [-0.4, -0.2) is 40.0 Å². The summed E-state index contributed by atoms with van der Waals surface area (Å²) in [6.07, 6.45) is 22.8. The Morgan fingerprint density at radius 1 is 0.654 bits per heavy atom. The first-order valence-electron chi connectivity index (χ1n) is 11.6. The lowest BCUT2D eigenvalue weighted by atomic mass is 10.0. The summed E-state index contributed by atoms with van der Waals surface area (Å²) >= 11 is 0. The molecule has 0 aliphatic heterocycles. The molecule has 0 rings (SSSR count). The van der Waals surface area contributed by atoms with E-state index in [1.807, 2.05) is 7.05 Å². The Hall–Kier alpha value is -0.120. The van der Waals surface area contributed by atoms with Crippen LogP contribution in [0, 0.1) is 0 Å². The Labute approximate surface area is 165 Å². The molecule has 1 unspecified atom stereocenters. The van der Waals surface area contributed by atoms with E-state index in [1.165, 1.54) is 103 Å². The Bertz CT molecular complexity index is 248. The second-order valence-electron chi connectivity index (χ2n) is 7.79. The molecule has 0 saturated carbocycles. The van der Waals surface area contributed by atoms with Crippen molar-refractivity contribution in [1.29, 1.82) is 0 Å². The molecule has 0 amide bonds. The van der Waals surface area contributed by atoms with Crippen molar-refractivity contribution in [1.82, 2.24) is 5.32 Å². The largest absolute Gasteiger partial charge is 0.379 e. The van der Waals surface area contributed by atoms with Crippen molar-refractivity contribution in [3.8, 4) is 0 Å². The highest BCUT2D eigenvalue weighted by Gasteiger charge is 2.05. The summed E-state index contributed by atoms with van der Waals surface area (Å²) in [6.45, 7) is 4.73. The maximum Gasteiger partial charge on any atom is 0.0928 e. The normalized spacial score (nSPS) is 12.6. The molecule has 0 aromatic rings. The quantitative estimate of drug-likeness (QED) is 0.220. The lowest BCUT2D eigenvalue weighted by Gasteiger charge is -2.14. The van der Waals surface area contributed by atoms with Crippen LogP contribution in [0.5, 0.6) is 0 Å². The van der Waals surface area contributed by atoms with Crippen LogP contribution in [0.4, 0.5) is 0 Å². The van der Waals surface area contributed by atoms with Gasteiger partial charge < -0.3 is 14.8 Å². The zero-order chi connectivity index (χ0) is 19.1. The third kappa shape index (κ3) is 20.2. The van der Waals surface area contributed by atoms with Gasteiger partial charge in [-0.05, 0) is 13.5 Å². The molecule has 26 heavy (non-hydrogen) atoms. The predicted octanol–water partition coefficient (Wildman–Crippen LogP) is 6.50. The molecule has 158 valence electrons. The second-order valence-corrected chi connectivity index (χ2v) is 7.79. The van der Waals surface area contributed by atoms with Gasteiger partial charge in [-0.15, -0.1) is 0 Å². The van der Waals surface area contributed by atoms with Crippen molar-refractivity contribution < 1.29 is 9.47 Å². The third-order valence-electron chi connectivity index (χ3n) is 5.21. The number of likely N-dealkylation sites (N-methyl/N-ethyl adjacent to an activating group) is 1. The summed E-state index contributed by atoms with van der Waals surface area (Å²) in [5.41, 5.74) is 0. The van der Waals surface area contributed by atoms with E-state index in [2.05, 4.69) is 12.2 Å². The monoisotopic (exact) mass is 371 g/mol. The van der Waals surface area contributed by atoms with Gasteiger partial charge in [0.25, 0.3) is 0 Å². The molecule has 0 aromatic heterocycles. The Morgan fingerprint density at radius 2 is 1.08 bits per heavy atom. The van der Waals surface area contributed by atoms with Crippen molar-refractivity contribution in [3.05, 3.63) is 0 Å². The smallest absolute Gasteiger partial charge is 0.0928 e. The Balaban J connectivity index is 3.07. The third-order valence-corrected chi connectivity index (χ3v) is 5.21. The molecule has 3 nitrogen and oxygen atoms in total. The van der Waals surface area contributed by atoms with E-state index in [0.717, 1.165) is 13.2 Å². The number of ether oxygens (including phenoxy) is 2. The highest BCUT2D eigenvalue weighted by molar-refractivity contribution is 4.57. The summed E-state index contributed by atoms with van der Waals surface area (Å²) in [5, 5.41) is 3.12. The van der Waals surface area contributed by atoms with Crippen molar-refractivity contribution in [2.75, 3.05) is 33.9 Å². The summed E-state index contributed by atoms with van der Waals surface area (Å²) in [5.74, 6) is 0. The van der Waals surface area contributed by atoms with Crippen LogP contribution in [0.1, 0.15) is 110 Å². The van der Waals surface area contributed by atoms with Crippen LogP contribution in [0.2, 0.25) is 0 Å². The Morgan fingerprint density at radius 3 is 1.46 bits per heavy atom. The number of hydrogen-bond acceptors (Lipinski definition) is 3. The fourth-order valence-electron chi connectivity index (χ4n) is 3.40. The summed E-state index contributed by atoms with van der Waals surface area (Å²) in [7, 11) is 3.70. The van der Waals surface area contributed by atoms with E-state index < -0.39 is 0 Å². The number of rotatable bonds is 22. The first-order valence-corrected chi connectivity index (χ1v) is 11.6. The van der Waals surface area contributed by atoms with Crippen molar-refractivity contribution >= 4 is 0 Å². The molecule has 0 bridgehead atoms. The molecule has 0 heterocycles. The SMILES string of the molecule is CCCCCCCCCCCCCCCCCCOCC(CNC)OC. The van der Waals surface area contributed by atoms with Crippen LogP contribution in [0.25, 0.3) is 0 Å². The van der Waals surface area contributed by atoms with E-state index >= 15 is 0 Å². The number of nitrogens with one attached hydrogen (secondary N) is 1. The molecular formula is C23H49NO2. The molecule has 0 fully saturated rings. The van der Waals surface area contributed by atoms with Gasteiger partial charge >= 0.3 is 0 Å². The maximum absolute atomic E-state index is 5.69. The lowest BCUT2D eigenvalue weighted by Crippen LogP contribution is -2.30. The second kappa shape index (κ2) is 22.9. The molecule has 0 spiro atoms. The number of hydrogen-bond donors (Lipinski definition) is 1. The minimum Gasteiger partial charge on any atom is -0.379 e. The van der Waals surface area contributed by atoms with Crippen LogP contribution in [-0.2, 0) is 9.47 Å². The van der Waals surface area contributed by atoms with E-state index in [4.69, 9.17) is 9.47 Å². The number of unbranched alkanes of at least 4 members (excludes halogenated alkanes) is 15. The summed E-state index contributed by atoms with van der Waals surface area (Å²) in [6, 6.07) is 0. The van der Waals surface area contributed by atoms with Crippen LogP contribution >= 0.6 is 0 Å². The predicted molar refractivity (Wildman–Crippen MR) is 115 cm³/mol. The van der Waals surface area contributed by atoms with Crippen molar-refractivity contribution in [2.24, 2.45) is 0 Å². The van der Waals surface area contributed by atoms with Crippen molar-refractivity contribution in [2.45, 2.75) is 116 Å². The Kier molecular flexibility index (Phi) is 22.8. The molecule has 0 saturated heterocycles. The molecule has 0 aliphatic carbocycles. The van der Waals surface area contributed by atoms with Gasteiger partial charge in [-0.3, -0.25) is 0 Å². The van der Waals surface area contributed by atoms with Gasteiger partial charge in [-0.25, -0.2) is 0 Å². The molecular weight excluding hydrogens is 322 g/mol. The van der Waals surface area contributed by atoms with E-state index in [1.54, 1.807) is 7.11 Å². The van der Waals surface area contributed by atoms with Gasteiger partial charge in [0.15, 0.2) is 0 Å². The van der Waals surface area contributed by atoms with Gasteiger partial charge in [0.1, 0.15) is 0 Å². The van der Waals surface area contributed by atoms with E-state index in [0.29, 0.717) is 6.61 Å². The zero-order valence-corrected chi connectivity index (χ0v) is 18.3.